The van der Waals surface area contributed by atoms with Crippen molar-refractivity contribution in [2.24, 2.45) is 47.3 Å². The molecular weight excluding hydrogens is 1250 g/mol. The summed E-state index contributed by atoms with van der Waals surface area (Å²) in [5.74, 6) is 6.87. The highest BCUT2D eigenvalue weighted by molar-refractivity contribution is 6.07. The monoisotopic (exact) mass is 1320 g/mol. The summed E-state index contributed by atoms with van der Waals surface area (Å²) in [6, 6.07) is 118. The Morgan fingerprint density at radius 1 is 0.233 bits per heavy atom. The van der Waals surface area contributed by atoms with Crippen molar-refractivity contribution >= 4 is 77.6 Å². The van der Waals surface area contributed by atoms with Crippen LogP contribution in [0.3, 0.4) is 0 Å². The summed E-state index contributed by atoms with van der Waals surface area (Å²) in [5.41, 5.74) is 29.2. The van der Waals surface area contributed by atoms with Gasteiger partial charge in [-0.05, 0) is 296 Å². The van der Waals surface area contributed by atoms with E-state index in [-0.39, 0.29) is 10.8 Å². The van der Waals surface area contributed by atoms with E-state index in [0.29, 0.717) is 0 Å². The first-order valence-corrected chi connectivity index (χ1v) is 38.3. The summed E-state index contributed by atoms with van der Waals surface area (Å²) < 4.78 is 6.24. The second-order valence-electron chi connectivity index (χ2n) is 31.9. The molecule has 0 aliphatic heterocycles. The molecule has 0 saturated heterocycles. The zero-order chi connectivity index (χ0) is 67.5. The SMILES string of the molecule is c1ccc(-c2cccc(N(c3ccc(-c4cccc5c4-c4ccccc4C54C5CC6CC(C5)CC4C6)cc3)c3ccc4ccccc4c3)c2)cc1.c1ccc2c(c1)-c1c(-c3ccc(N(c4ccc5ccccc5c4)c4ccc5oc6ccccc6c5c4)cc3)cccc1C21C2CC3CC(C2)CC1C3. The fourth-order valence-electron chi connectivity index (χ4n) is 23.3. The van der Waals surface area contributed by atoms with Crippen LogP contribution < -0.4 is 9.80 Å². The van der Waals surface area contributed by atoms with E-state index in [9.17, 15) is 0 Å². The number of hydrogen-bond acceptors (Lipinski definition) is 3. The highest BCUT2D eigenvalue weighted by atomic mass is 16.3. The molecule has 0 atom stereocenters. The minimum Gasteiger partial charge on any atom is -0.456 e. The Morgan fingerprint density at radius 3 is 1.14 bits per heavy atom. The van der Waals surface area contributed by atoms with Crippen molar-refractivity contribution in [1.82, 2.24) is 0 Å². The predicted molar refractivity (Wildman–Crippen MR) is 427 cm³/mol. The standard InChI is InChI=1S/C50H39NO.C50H41N/c1-2-9-35-29-39(21-16-33(35)8-1)51(40-22-23-48-44(30-40)42-10-4-6-15-47(42)52-48)38-19-17-34(18-20-38)41-12-7-14-46-49(41)43-11-3-5-13-45(43)50(46)36-25-31-24-32(27-36)28-37(50)26-31;1-2-10-35(11-3-1)39-14-8-15-43(31-39)51(44-25-20-36-12-4-5-13-38(36)32-44)42-23-21-37(22-24-42)45-17-9-19-48-49(45)46-16-6-7-18-47(46)50(48)40-27-33-26-34(29-40)30-41(50)28-33/h1-23,29-32,36-37H,24-28H2;1-25,31-34,40-41H,26-30H2. The van der Waals surface area contributed by atoms with Crippen molar-refractivity contribution in [3.63, 3.8) is 0 Å². The van der Waals surface area contributed by atoms with Gasteiger partial charge in [-0.25, -0.2) is 0 Å². The van der Waals surface area contributed by atoms with Crippen molar-refractivity contribution in [2.45, 2.75) is 75.0 Å². The van der Waals surface area contributed by atoms with Crippen LogP contribution >= 0.6 is 0 Å². The van der Waals surface area contributed by atoms with Gasteiger partial charge in [0, 0.05) is 55.7 Å². The maximum atomic E-state index is 6.24. The zero-order valence-electron chi connectivity index (χ0n) is 58.0. The number of nitrogens with zero attached hydrogens (tertiary/aromatic N) is 2. The lowest BCUT2D eigenvalue weighted by Crippen LogP contribution is -2.55. The minimum atomic E-state index is 0.179. The molecule has 3 heteroatoms. The quantitative estimate of drug-likeness (QED) is 0.144. The van der Waals surface area contributed by atoms with Crippen molar-refractivity contribution in [2.75, 3.05) is 9.80 Å². The van der Waals surface area contributed by atoms with Crippen LogP contribution in [0.5, 0.6) is 0 Å². The summed E-state index contributed by atoms with van der Waals surface area (Å²) >= 11 is 0. The molecule has 0 N–H and O–H groups in total. The number of furan rings is 1. The topological polar surface area (TPSA) is 19.6 Å². The fourth-order valence-corrected chi connectivity index (χ4v) is 23.3. The van der Waals surface area contributed by atoms with Gasteiger partial charge in [0.1, 0.15) is 11.2 Å². The lowest BCUT2D eigenvalue weighted by molar-refractivity contribution is -0.0399. The average Bonchev–Trinajstić information content (AvgIpc) is 1.55. The van der Waals surface area contributed by atoms with Crippen LogP contribution in [0.4, 0.5) is 34.1 Å². The Kier molecular flexibility index (Phi) is 13.5. The van der Waals surface area contributed by atoms with Crippen molar-refractivity contribution in [3.05, 3.63) is 338 Å². The van der Waals surface area contributed by atoms with Crippen LogP contribution in [0.25, 0.3) is 99.1 Å². The van der Waals surface area contributed by atoms with E-state index in [1.165, 1.54) is 141 Å². The largest absolute Gasteiger partial charge is 0.456 e. The van der Waals surface area contributed by atoms with Gasteiger partial charge in [0.2, 0.25) is 0 Å². The first kappa shape index (κ1) is 59.7. The molecule has 15 aromatic rings. The highest BCUT2D eigenvalue weighted by Crippen LogP contribution is 2.72. The summed E-state index contributed by atoms with van der Waals surface area (Å²) in [6.45, 7) is 0. The van der Waals surface area contributed by atoms with Gasteiger partial charge in [-0.3, -0.25) is 0 Å². The van der Waals surface area contributed by atoms with Crippen LogP contribution in [0.15, 0.2) is 320 Å². The van der Waals surface area contributed by atoms with Crippen LogP contribution in [0.1, 0.15) is 86.5 Å². The van der Waals surface area contributed by atoms with Crippen molar-refractivity contribution in [3.8, 4) is 55.6 Å². The maximum absolute atomic E-state index is 6.24. The lowest BCUT2D eigenvalue weighted by atomic mass is 9.43. The zero-order valence-corrected chi connectivity index (χ0v) is 58.0. The van der Waals surface area contributed by atoms with E-state index in [1.807, 2.05) is 6.07 Å². The van der Waals surface area contributed by atoms with Crippen LogP contribution in [0.2, 0.25) is 0 Å². The van der Waals surface area contributed by atoms with Crippen LogP contribution in [0, 0.1) is 47.3 Å². The number of para-hydroxylation sites is 1. The summed E-state index contributed by atoms with van der Waals surface area (Å²) in [5, 5.41) is 7.25. The number of anilines is 6. The first-order chi connectivity index (χ1) is 51.0. The molecule has 10 aliphatic carbocycles. The molecule has 2 spiro atoms. The maximum Gasteiger partial charge on any atom is 0.135 e. The van der Waals surface area contributed by atoms with Gasteiger partial charge in [-0.2, -0.15) is 0 Å². The second-order valence-corrected chi connectivity index (χ2v) is 31.9. The molecule has 8 fully saturated rings. The lowest BCUT2D eigenvalue weighted by Gasteiger charge is -2.61. The number of fused-ring (bicyclic) bond motifs is 11. The van der Waals surface area contributed by atoms with Gasteiger partial charge in [0.15, 0.2) is 0 Å². The van der Waals surface area contributed by atoms with E-state index in [4.69, 9.17) is 4.42 Å². The molecule has 0 amide bonds. The normalized spacial score (nSPS) is 23.8. The molecule has 8 bridgehead atoms. The molecule has 10 aliphatic rings. The van der Waals surface area contributed by atoms with E-state index in [1.54, 1.807) is 22.3 Å². The average molecular weight is 1330 g/mol. The molecule has 103 heavy (non-hydrogen) atoms. The Morgan fingerprint density at radius 2 is 0.612 bits per heavy atom. The van der Waals surface area contributed by atoms with Crippen molar-refractivity contribution in [1.29, 1.82) is 0 Å². The van der Waals surface area contributed by atoms with Gasteiger partial charge >= 0.3 is 0 Å². The van der Waals surface area contributed by atoms with Crippen LogP contribution in [-0.2, 0) is 10.8 Å². The molecule has 0 radical (unpaired) electrons. The van der Waals surface area contributed by atoms with Crippen molar-refractivity contribution < 1.29 is 4.42 Å². The van der Waals surface area contributed by atoms with Crippen LogP contribution in [-0.4, -0.2) is 0 Å². The Labute approximate surface area is 603 Å². The molecule has 1 aromatic heterocycles. The van der Waals surface area contributed by atoms with E-state index in [0.717, 1.165) is 103 Å². The van der Waals surface area contributed by atoms with E-state index >= 15 is 0 Å². The number of rotatable bonds is 9. The summed E-state index contributed by atoms with van der Waals surface area (Å²) in [4.78, 5) is 4.81. The Balaban J connectivity index is 0.000000130. The molecule has 496 valence electrons. The third-order valence-electron chi connectivity index (χ3n) is 26.8. The summed E-state index contributed by atoms with van der Waals surface area (Å²) in [6.07, 6.45) is 14.2. The smallest absolute Gasteiger partial charge is 0.135 e. The van der Waals surface area contributed by atoms with Gasteiger partial charge in [0.05, 0.1) is 0 Å². The van der Waals surface area contributed by atoms with E-state index < -0.39 is 0 Å². The molecule has 14 aromatic carbocycles. The Bertz CT molecular complexity index is 5820. The fraction of sp³-hybridized carbons (Fsp3) is 0.200. The molecule has 3 nitrogen and oxygen atoms in total. The number of hydrogen-bond donors (Lipinski definition) is 0. The van der Waals surface area contributed by atoms with E-state index in [2.05, 4.69) is 319 Å². The Hall–Kier alpha value is -11.0. The van der Waals surface area contributed by atoms with Gasteiger partial charge in [-0.1, -0.05) is 231 Å². The highest BCUT2D eigenvalue weighted by Gasteiger charge is 2.63. The van der Waals surface area contributed by atoms with Gasteiger partial charge < -0.3 is 14.2 Å². The third kappa shape index (κ3) is 9.13. The molecule has 25 rings (SSSR count). The molecule has 0 unspecified atom stereocenters. The first-order valence-electron chi connectivity index (χ1n) is 38.3. The third-order valence-corrected chi connectivity index (χ3v) is 26.8. The minimum absolute atomic E-state index is 0.179. The molecule has 8 saturated carbocycles. The summed E-state index contributed by atoms with van der Waals surface area (Å²) in [7, 11) is 0. The second kappa shape index (κ2) is 23.3. The predicted octanol–water partition coefficient (Wildman–Crippen LogP) is 27.0. The molecular formula is C100H80N2O. The van der Waals surface area contributed by atoms with Gasteiger partial charge in [0.25, 0.3) is 0 Å². The van der Waals surface area contributed by atoms with Gasteiger partial charge in [-0.15, -0.1) is 0 Å². The number of benzene rings is 14. The molecule has 1 heterocycles.